The van der Waals surface area contributed by atoms with Crippen molar-refractivity contribution in [3.63, 3.8) is 0 Å². The molecule has 128 valence electrons. The molecule has 1 aliphatic heterocycles. The summed E-state index contributed by atoms with van der Waals surface area (Å²) in [5.74, 6) is 1.86. The standard InChI is InChI=1S/C20H22N4O/c1-23(2)19-8-7-16(13-22-19)20-21-10-11-24(20)14-18-17-6-4-3-5-15(17)9-12-25-18/h3-8,10-11,13,18H,9,12,14H2,1-2H3/t18-/m1/s1. The molecule has 25 heavy (non-hydrogen) atoms. The Morgan fingerprint density at radius 2 is 2.04 bits per heavy atom. The quantitative estimate of drug-likeness (QED) is 0.734. The summed E-state index contributed by atoms with van der Waals surface area (Å²) in [4.78, 5) is 11.0. The van der Waals surface area contributed by atoms with E-state index in [-0.39, 0.29) is 6.10 Å². The first kappa shape index (κ1) is 15.8. The van der Waals surface area contributed by atoms with E-state index < -0.39 is 0 Å². The third-order valence-corrected chi connectivity index (χ3v) is 4.63. The predicted molar refractivity (Wildman–Crippen MR) is 98.6 cm³/mol. The number of ether oxygens (including phenoxy) is 1. The summed E-state index contributed by atoms with van der Waals surface area (Å²) in [5.41, 5.74) is 3.69. The van der Waals surface area contributed by atoms with Crippen molar-refractivity contribution in [2.75, 3.05) is 25.6 Å². The van der Waals surface area contributed by atoms with E-state index in [9.17, 15) is 0 Å². The largest absolute Gasteiger partial charge is 0.371 e. The Balaban J connectivity index is 1.61. The monoisotopic (exact) mass is 334 g/mol. The third-order valence-electron chi connectivity index (χ3n) is 4.63. The highest BCUT2D eigenvalue weighted by molar-refractivity contribution is 5.56. The van der Waals surface area contributed by atoms with Crippen molar-refractivity contribution in [1.82, 2.24) is 14.5 Å². The van der Waals surface area contributed by atoms with Crippen LogP contribution >= 0.6 is 0 Å². The molecule has 0 aliphatic carbocycles. The molecule has 0 unspecified atom stereocenters. The van der Waals surface area contributed by atoms with E-state index in [0.29, 0.717) is 0 Å². The number of benzene rings is 1. The van der Waals surface area contributed by atoms with Crippen LogP contribution in [0.1, 0.15) is 17.2 Å². The van der Waals surface area contributed by atoms with E-state index in [1.54, 1.807) is 0 Å². The number of fused-ring (bicyclic) bond motifs is 1. The Morgan fingerprint density at radius 1 is 1.16 bits per heavy atom. The Labute approximate surface area is 147 Å². The second-order valence-corrected chi connectivity index (χ2v) is 6.51. The van der Waals surface area contributed by atoms with Crippen molar-refractivity contribution in [2.24, 2.45) is 0 Å². The Hall–Kier alpha value is -2.66. The first-order chi connectivity index (χ1) is 12.2. The molecule has 2 aromatic heterocycles. The molecule has 1 aliphatic rings. The van der Waals surface area contributed by atoms with Crippen LogP contribution in [0, 0.1) is 0 Å². The van der Waals surface area contributed by atoms with E-state index in [1.807, 2.05) is 43.7 Å². The van der Waals surface area contributed by atoms with Gasteiger partial charge in [0.1, 0.15) is 17.7 Å². The molecule has 0 spiro atoms. The molecule has 0 amide bonds. The molecule has 0 saturated heterocycles. The van der Waals surface area contributed by atoms with Gasteiger partial charge in [0, 0.05) is 38.2 Å². The minimum absolute atomic E-state index is 0.0620. The maximum atomic E-state index is 6.05. The van der Waals surface area contributed by atoms with E-state index in [1.165, 1.54) is 11.1 Å². The Morgan fingerprint density at radius 3 is 2.84 bits per heavy atom. The molecule has 0 saturated carbocycles. The van der Waals surface area contributed by atoms with Gasteiger partial charge in [-0.05, 0) is 29.7 Å². The van der Waals surface area contributed by atoms with Crippen molar-refractivity contribution in [2.45, 2.75) is 19.1 Å². The normalized spacial score (nSPS) is 16.5. The Bertz CT molecular complexity index is 854. The van der Waals surface area contributed by atoms with Gasteiger partial charge in [-0.1, -0.05) is 24.3 Å². The minimum atomic E-state index is 0.0620. The van der Waals surface area contributed by atoms with Gasteiger partial charge in [-0.3, -0.25) is 0 Å². The molecule has 4 rings (SSSR count). The first-order valence-corrected chi connectivity index (χ1v) is 8.56. The minimum Gasteiger partial charge on any atom is -0.371 e. The van der Waals surface area contributed by atoms with Crippen molar-refractivity contribution in [3.8, 4) is 11.4 Å². The molecule has 0 N–H and O–H groups in total. The lowest BCUT2D eigenvalue weighted by atomic mass is 9.97. The van der Waals surface area contributed by atoms with Crippen LogP contribution in [0.5, 0.6) is 0 Å². The number of aromatic nitrogens is 3. The summed E-state index contributed by atoms with van der Waals surface area (Å²) in [5, 5.41) is 0. The van der Waals surface area contributed by atoms with E-state index >= 15 is 0 Å². The lowest BCUT2D eigenvalue weighted by Crippen LogP contribution is -2.20. The van der Waals surface area contributed by atoms with Crippen LogP contribution in [0.3, 0.4) is 0 Å². The average Bonchev–Trinajstić information content (AvgIpc) is 3.10. The smallest absolute Gasteiger partial charge is 0.141 e. The fraction of sp³-hybridized carbons (Fsp3) is 0.300. The molecule has 1 atom stereocenters. The summed E-state index contributed by atoms with van der Waals surface area (Å²) in [6, 6.07) is 12.6. The van der Waals surface area contributed by atoms with Crippen LogP contribution in [0.15, 0.2) is 55.0 Å². The molecule has 0 fully saturated rings. The molecule has 3 heterocycles. The number of rotatable bonds is 4. The summed E-state index contributed by atoms with van der Waals surface area (Å²) in [6.45, 7) is 1.52. The second kappa shape index (κ2) is 6.69. The number of imidazole rings is 1. The summed E-state index contributed by atoms with van der Waals surface area (Å²) < 4.78 is 8.20. The van der Waals surface area contributed by atoms with Gasteiger partial charge in [-0.25, -0.2) is 9.97 Å². The van der Waals surface area contributed by atoms with Crippen LogP contribution in [0.2, 0.25) is 0 Å². The van der Waals surface area contributed by atoms with Crippen LogP contribution in [-0.4, -0.2) is 35.2 Å². The summed E-state index contributed by atoms with van der Waals surface area (Å²) in [7, 11) is 3.97. The van der Waals surface area contributed by atoms with Crippen LogP contribution < -0.4 is 4.90 Å². The SMILES string of the molecule is CN(C)c1ccc(-c2nccn2C[C@H]2OCCc3ccccc32)cn1. The molecule has 0 bridgehead atoms. The highest BCUT2D eigenvalue weighted by atomic mass is 16.5. The van der Waals surface area contributed by atoms with Gasteiger partial charge in [0.25, 0.3) is 0 Å². The van der Waals surface area contributed by atoms with Crippen molar-refractivity contribution >= 4 is 5.82 Å². The first-order valence-electron chi connectivity index (χ1n) is 8.56. The van der Waals surface area contributed by atoms with Crippen molar-refractivity contribution in [1.29, 1.82) is 0 Å². The fourth-order valence-corrected chi connectivity index (χ4v) is 3.31. The zero-order valence-electron chi connectivity index (χ0n) is 14.6. The third kappa shape index (κ3) is 3.15. The number of hydrogen-bond donors (Lipinski definition) is 0. The average molecular weight is 334 g/mol. The molecule has 5 nitrogen and oxygen atoms in total. The Kier molecular flexibility index (Phi) is 4.24. The second-order valence-electron chi connectivity index (χ2n) is 6.51. The highest BCUT2D eigenvalue weighted by Gasteiger charge is 2.22. The molecular formula is C20H22N4O. The maximum Gasteiger partial charge on any atom is 0.141 e. The van der Waals surface area contributed by atoms with Crippen LogP contribution in [0.4, 0.5) is 5.82 Å². The van der Waals surface area contributed by atoms with Gasteiger partial charge >= 0.3 is 0 Å². The van der Waals surface area contributed by atoms with Gasteiger partial charge in [0.2, 0.25) is 0 Å². The lowest BCUT2D eigenvalue weighted by Gasteiger charge is -2.26. The van der Waals surface area contributed by atoms with Gasteiger partial charge in [-0.2, -0.15) is 0 Å². The van der Waals surface area contributed by atoms with E-state index in [4.69, 9.17) is 4.74 Å². The maximum absolute atomic E-state index is 6.05. The van der Waals surface area contributed by atoms with Gasteiger partial charge in [0.05, 0.1) is 13.2 Å². The zero-order chi connectivity index (χ0) is 17.2. The number of pyridine rings is 1. The topological polar surface area (TPSA) is 43.2 Å². The molecule has 1 aromatic carbocycles. The number of anilines is 1. The number of nitrogens with zero attached hydrogens (tertiary/aromatic N) is 4. The molecular weight excluding hydrogens is 312 g/mol. The lowest BCUT2D eigenvalue weighted by molar-refractivity contribution is 0.0309. The molecule has 3 aromatic rings. The van der Waals surface area contributed by atoms with Crippen LogP contribution in [-0.2, 0) is 17.7 Å². The predicted octanol–water partition coefficient (Wildman–Crippen LogP) is 3.33. The highest BCUT2D eigenvalue weighted by Crippen LogP contribution is 2.29. The van der Waals surface area contributed by atoms with Gasteiger partial charge in [-0.15, -0.1) is 0 Å². The summed E-state index contributed by atoms with van der Waals surface area (Å²) >= 11 is 0. The summed E-state index contributed by atoms with van der Waals surface area (Å²) in [6.07, 6.45) is 6.77. The van der Waals surface area contributed by atoms with Crippen LogP contribution in [0.25, 0.3) is 11.4 Å². The zero-order valence-corrected chi connectivity index (χ0v) is 14.6. The number of hydrogen-bond acceptors (Lipinski definition) is 4. The van der Waals surface area contributed by atoms with E-state index in [2.05, 4.69) is 44.9 Å². The van der Waals surface area contributed by atoms with Gasteiger partial charge < -0.3 is 14.2 Å². The molecule has 0 radical (unpaired) electrons. The van der Waals surface area contributed by atoms with Gasteiger partial charge in [0.15, 0.2) is 0 Å². The fourth-order valence-electron chi connectivity index (χ4n) is 3.31. The van der Waals surface area contributed by atoms with Crippen molar-refractivity contribution < 1.29 is 4.74 Å². The molecule has 5 heteroatoms. The van der Waals surface area contributed by atoms with Crippen molar-refractivity contribution in [3.05, 3.63) is 66.1 Å². The van der Waals surface area contributed by atoms with E-state index in [0.717, 1.165) is 36.8 Å².